The number of anilines is 1. The van der Waals surface area contributed by atoms with Gasteiger partial charge in [-0.05, 0) is 36.4 Å². The topological polar surface area (TPSA) is 70.9 Å². The van der Waals surface area contributed by atoms with Gasteiger partial charge in [0.1, 0.15) is 23.9 Å². The first-order valence-electron chi connectivity index (χ1n) is 6.22. The maximum atomic E-state index is 13.1. The lowest BCUT2D eigenvalue weighted by Crippen LogP contribution is -2.05. The van der Waals surface area contributed by atoms with E-state index >= 15 is 0 Å². The van der Waals surface area contributed by atoms with E-state index in [0.717, 1.165) is 5.56 Å². The smallest absolute Gasteiger partial charge is 0.335 e. The number of hydrogen-bond acceptors (Lipinski definition) is 4. The Balaban J connectivity index is 1.77. The quantitative estimate of drug-likeness (QED) is 0.851. The first-order valence-corrected chi connectivity index (χ1v) is 6.22. The van der Waals surface area contributed by atoms with Crippen LogP contribution >= 0.6 is 0 Å². The number of hydrazone groups is 1. The van der Waals surface area contributed by atoms with Crippen molar-refractivity contribution in [2.45, 2.75) is 0 Å². The standard InChI is InChI=1S/C15H11FN2O3/c16-10-3-6-12-13(8-21-14(12)7-10)18-17-11-4-1-9(2-5-11)15(19)20/h1-7,17H,8H2,(H,19,20)/b18-13-. The molecule has 1 aliphatic rings. The van der Waals surface area contributed by atoms with Gasteiger partial charge in [0, 0.05) is 11.6 Å². The summed E-state index contributed by atoms with van der Waals surface area (Å²) in [5.41, 5.74) is 5.09. The van der Waals surface area contributed by atoms with Gasteiger partial charge in [-0.1, -0.05) is 0 Å². The summed E-state index contributed by atoms with van der Waals surface area (Å²) in [5.74, 6) is -0.864. The van der Waals surface area contributed by atoms with E-state index < -0.39 is 5.97 Å². The van der Waals surface area contributed by atoms with Gasteiger partial charge in [0.15, 0.2) is 0 Å². The van der Waals surface area contributed by atoms with E-state index in [9.17, 15) is 9.18 Å². The normalized spacial score (nSPS) is 14.6. The van der Waals surface area contributed by atoms with Crippen molar-refractivity contribution >= 4 is 17.4 Å². The summed E-state index contributed by atoms with van der Waals surface area (Å²) in [4.78, 5) is 10.7. The molecule has 0 fully saturated rings. The molecule has 1 aliphatic heterocycles. The fourth-order valence-electron chi connectivity index (χ4n) is 1.99. The molecule has 0 spiro atoms. The predicted molar refractivity (Wildman–Crippen MR) is 75.5 cm³/mol. The van der Waals surface area contributed by atoms with Crippen LogP contribution in [0.25, 0.3) is 0 Å². The highest BCUT2D eigenvalue weighted by Gasteiger charge is 2.19. The molecule has 0 unspecified atom stereocenters. The van der Waals surface area contributed by atoms with Crippen molar-refractivity contribution in [1.29, 1.82) is 0 Å². The summed E-state index contributed by atoms with van der Waals surface area (Å²) in [6.07, 6.45) is 0. The van der Waals surface area contributed by atoms with Gasteiger partial charge in [-0.3, -0.25) is 5.43 Å². The van der Waals surface area contributed by atoms with E-state index in [0.29, 0.717) is 17.1 Å². The lowest BCUT2D eigenvalue weighted by Gasteiger charge is -2.02. The zero-order valence-corrected chi connectivity index (χ0v) is 10.8. The zero-order valence-electron chi connectivity index (χ0n) is 10.8. The number of carboxylic acids is 1. The summed E-state index contributed by atoms with van der Waals surface area (Å²) < 4.78 is 18.4. The SMILES string of the molecule is O=C(O)c1ccc(N/N=C2/COc3cc(F)ccc32)cc1. The molecule has 0 saturated heterocycles. The molecule has 2 aromatic carbocycles. The molecule has 0 amide bonds. The number of nitrogens with zero attached hydrogens (tertiary/aromatic N) is 1. The van der Waals surface area contributed by atoms with Crippen LogP contribution in [-0.4, -0.2) is 23.4 Å². The number of carboxylic acid groups (broad SMARTS) is 1. The summed E-state index contributed by atoms with van der Waals surface area (Å²) in [6, 6.07) is 10.5. The zero-order chi connectivity index (χ0) is 14.8. The molecule has 2 N–H and O–H groups in total. The average Bonchev–Trinajstić information content (AvgIpc) is 2.87. The summed E-state index contributed by atoms with van der Waals surface area (Å²) in [5, 5.41) is 13.0. The average molecular weight is 286 g/mol. The lowest BCUT2D eigenvalue weighted by molar-refractivity contribution is 0.0697. The van der Waals surface area contributed by atoms with E-state index in [-0.39, 0.29) is 18.0 Å². The first-order chi connectivity index (χ1) is 10.1. The predicted octanol–water partition coefficient (Wildman–Crippen LogP) is 2.73. The molecule has 21 heavy (non-hydrogen) atoms. The first kappa shape index (κ1) is 13.1. The molecule has 0 aliphatic carbocycles. The Morgan fingerprint density at radius 1 is 1.24 bits per heavy atom. The molecule has 1 heterocycles. The minimum absolute atomic E-state index is 0.207. The van der Waals surface area contributed by atoms with Crippen molar-refractivity contribution in [3.8, 4) is 5.75 Å². The number of nitrogens with one attached hydrogen (secondary N) is 1. The molecule has 0 radical (unpaired) electrons. The molecule has 0 bridgehead atoms. The Kier molecular flexibility index (Phi) is 3.27. The van der Waals surface area contributed by atoms with Gasteiger partial charge < -0.3 is 9.84 Å². The molecular formula is C15H11FN2O3. The number of ether oxygens (including phenoxy) is 1. The molecule has 6 heteroatoms. The number of hydrogen-bond donors (Lipinski definition) is 2. The lowest BCUT2D eigenvalue weighted by atomic mass is 10.1. The monoisotopic (exact) mass is 286 g/mol. The third-order valence-corrected chi connectivity index (χ3v) is 3.07. The molecule has 5 nitrogen and oxygen atoms in total. The second-order valence-electron chi connectivity index (χ2n) is 4.48. The Morgan fingerprint density at radius 3 is 2.71 bits per heavy atom. The van der Waals surface area contributed by atoms with Crippen LogP contribution in [-0.2, 0) is 0 Å². The number of aromatic carboxylic acids is 1. The van der Waals surface area contributed by atoms with Crippen molar-refractivity contribution in [2.24, 2.45) is 5.10 Å². The molecular weight excluding hydrogens is 275 g/mol. The van der Waals surface area contributed by atoms with Crippen molar-refractivity contribution in [1.82, 2.24) is 0 Å². The third-order valence-electron chi connectivity index (χ3n) is 3.07. The van der Waals surface area contributed by atoms with Crippen LogP contribution in [0.2, 0.25) is 0 Å². The van der Waals surface area contributed by atoms with Crippen LogP contribution in [0.1, 0.15) is 15.9 Å². The number of halogens is 1. The fraction of sp³-hybridized carbons (Fsp3) is 0.0667. The molecule has 0 aromatic heterocycles. The van der Waals surface area contributed by atoms with Crippen LogP contribution in [0.3, 0.4) is 0 Å². The molecule has 2 aromatic rings. The Labute approximate surface area is 119 Å². The Hall–Kier alpha value is -2.89. The summed E-state index contributed by atoms with van der Waals surface area (Å²) in [6.45, 7) is 0.263. The number of carbonyl (C=O) groups is 1. The summed E-state index contributed by atoms with van der Waals surface area (Å²) >= 11 is 0. The van der Waals surface area contributed by atoms with Crippen molar-refractivity contribution in [3.63, 3.8) is 0 Å². The molecule has 0 saturated carbocycles. The van der Waals surface area contributed by atoms with Gasteiger partial charge in [0.25, 0.3) is 0 Å². The number of rotatable bonds is 3. The van der Waals surface area contributed by atoms with Gasteiger partial charge in [-0.15, -0.1) is 0 Å². The van der Waals surface area contributed by atoms with Crippen LogP contribution in [0.5, 0.6) is 5.75 Å². The van der Waals surface area contributed by atoms with Crippen LogP contribution < -0.4 is 10.2 Å². The van der Waals surface area contributed by atoms with Crippen molar-refractivity contribution in [3.05, 3.63) is 59.4 Å². The highest BCUT2D eigenvalue weighted by atomic mass is 19.1. The van der Waals surface area contributed by atoms with Crippen LogP contribution in [0, 0.1) is 5.82 Å². The third kappa shape index (κ3) is 2.69. The Morgan fingerprint density at radius 2 is 2.00 bits per heavy atom. The number of benzene rings is 2. The molecule has 0 atom stereocenters. The maximum Gasteiger partial charge on any atom is 0.335 e. The van der Waals surface area contributed by atoms with E-state index in [1.165, 1.54) is 24.3 Å². The number of fused-ring (bicyclic) bond motifs is 1. The largest absolute Gasteiger partial charge is 0.486 e. The Bertz CT molecular complexity index is 726. The van der Waals surface area contributed by atoms with Gasteiger partial charge in [0.2, 0.25) is 0 Å². The maximum absolute atomic E-state index is 13.1. The van der Waals surface area contributed by atoms with Gasteiger partial charge in [-0.2, -0.15) is 5.10 Å². The van der Waals surface area contributed by atoms with E-state index in [4.69, 9.17) is 9.84 Å². The van der Waals surface area contributed by atoms with Gasteiger partial charge in [-0.25, -0.2) is 9.18 Å². The fourth-order valence-corrected chi connectivity index (χ4v) is 1.99. The van der Waals surface area contributed by atoms with E-state index in [1.54, 1.807) is 18.2 Å². The highest BCUT2D eigenvalue weighted by Crippen LogP contribution is 2.26. The summed E-state index contributed by atoms with van der Waals surface area (Å²) in [7, 11) is 0. The second kappa shape index (κ2) is 5.24. The minimum Gasteiger partial charge on any atom is -0.486 e. The van der Waals surface area contributed by atoms with Crippen molar-refractivity contribution in [2.75, 3.05) is 12.0 Å². The van der Waals surface area contributed by atoms with Gasteiger partial charge >= 0.3 is 5.97 Å². The van der Waals surface area contributed by atoms with Crippen molar-refractivity contribution < 1.29 is 19.0 Å². The highest BCUT2D eigenvalue weighted by molar-refractivity contribution is 6.06. The van der Waals surface area contributed by atoms with Crippen LogP contribution in [0.4, 0.5) is 10.1 Å². The molecule has 106 valence electrons. The van der Waals surface area contributed by atoms with Crippen LogP contribution in [0.15, 0.2) is 47.6 Å². The van der Waals surface area contributed by atoms with E-state index in [1.807, 2.05) is 0 Å². The van der Waals surface area contributed by atoms with Gasteiger partial charge in [0.05, 0.1) is 11.3 Å². The molecule has 3 rings (SSSR count). The second-order valence-corrected chi connectivity index (χ2v) is 4.48. The van der Waals surface area contributed by atoms with E-state index in [2.05, 4.69) is 10.5 Å². The minimum atomic E-state index is -0.979.